The summed E-state index contributed by atoms with van der Waals surface area (Å²) in [5.74, 6) is -2.77. The Bertz CT molecular complexity index is 722. The van der Waals surface area contributed by atoms with Crippen LogP contribution in [0.2, 0.25) is 0 Å². The number of nitrogens with one attached hydrogen (secondary N) is 2. The minimum absolute atomic E-state index is 0.0826. The summed E-state index contributed by atoms with van der Waals surface area (Å²) in [6, 6.07) is 6.56. The van der Waals surface area contributed by atoms with E-state index >= 15 is 0 Å². The van der Waals surface area contributed by atoms with Crippen molar-refractivity contribution in [1.82, 2.24) is 5.32 Å². The van der Waals surface area contributed by atoms with Crippen LogP contribution in [0.3, 0.4) is 0 Å². The van der Waals surface area contributed by atoms with E-state index in [2.05, 4.69) is 10.6 Å². The van der Waals surface area contributed by atoms with Gasteiger partial charge in [0.05, 0.1) is 17.9 Å². The average molecular weight is 372 g/mol. The van der Waals surface area contributed by atoms with Crippen LogP contribution in [0.15, 0.2) is 36.4 Å². The smallest absolute Gasteiger partial charge is 0.307 e. The van der Waals surface area contributed by atoms with Crippen LogP contribution in [-0.2, 0) is 14.3 Å². The number of hydrogen-bond acceptors (Lipinski definition) is 4. The van der Waals surface area contributed by atoms with Crippen LogP contribution in [0, 0.1) is 11.8 Å². The molecular formula is C20H24N2O5. The molecular weight excluding hydrogens is 348 g/mol. The number of rotatable bonds is 6. The summed E-state index contributed by atoms with van der Waals surface area (Å²) in [5, 5.41) is 14.9. The van der Waals surface area contributed by atoms with Crippen molar-refractivity contribution >= 4 is 23.5 Å². The van der Waals surface area contributed by atoms with E-state index in [9.17, 15) is 19.5 Å². The van der Waals surface area contributed by atoms with E-state index in [0.717, 1.165) is 19.4 Å². The summed E-state index contributed by atoms with van der Waals surface area (Å²) in [6.45, 7) is 1.23. The third kappa shape index (κ3) is 4.95. The first kappa shape index (κ1) is 19.1. The van der Waals surface area contributed by atoms with Crippen molar-refractivity contribution in [1.29, 1.82) is 0 Å². The Hall–Kier alpha value is -2.67. The summed E-state index contributed by atoms with van der Waals surface area (Å²) in [5.41, 5.74) is 1.03. The Morgan fingerprint density at radius 3 is 2.41 bits per heavy atom. The Labute approximate surface area is 157 Å². The third-order valence-electron chi connectivity index (χ3n) is 5.02. The van der Waals surface area contributed by atoms with Gasteiger partial charge in [0, 0.05) is 24.4 Å². The lowest BCUT2D eigenvalue weighted by atomic mass is 9.82. The first-order chi connectivity index (χ1) is 13.0. The van der Waals surface area contributed by atoms with Gasteiger partial charge in [-0.3, -0.25) is 14.4 Å². The zero-order valence-corrected chi connectivity index (χ0v) is 15.0. The van der Waals surface area contributed by atoms with E-state index in [1.807, 2.05) is 6.08 Å². The molecule has 1 heterocycles. The number of amides is 2. The van der Waals surface area contributed by atoms with E-state index < -0.39 is 17.8 Å². The second-order valence-corrected chi connectivity index (χ2v) is 6.91. The molecule has 1 aliphatic heterocycles. The van der Waals surface area contributed by atoms with E-state index in [1.165, 1.54) is 0 Å². The normalized spacial score (nSPS) is 24.4. The van der Waals surface area contributed by atoms with Crippen molar-refractivity contribution in [3.05, 3.63) is 42.0 Å². The average Bonchev–Trinajstić information content (AvgIpc) is 3.20. The lowest BCUT2D eigenvalue weighted by molar-refractivity contribution is -0.146. The van der Waals surface area contributed by atoms with E-state index in [4.69, 9.17) is 4.74 Å². The van der Waals surface area contributed by atoms with Crippen LogP contribution in [0.1, 0.15) is 36.0 Å². The van der Waals surface area contributed by atoms with Gasteiger partial charge in [-0.2, -0.15) is 0 Å². The maximum Gasteiger partial charge on any atom is 0.307 e. The lowest BCUT2D eigenvalue weighted by Crippen LogP contribution is -2.34. The van der Waals surface area contributed by atoms with Gasteiger partial charge in [-0.15, -0.1) is 0 Å². The number of allylic oxidation sites excluding steroid dienone is 2. The van der Waals surface area contributed by atoms with Crippen LogP contribution in [-0.4, -0.2) is 42.1 Å². The topological polar surface area (TPSA) is 105 Å². The predicted octanol–water partition coefficient (Wildman–Crippen LogP) is 2.20. The Morgan fingerprint density at radius 1 is 1.07 bits per heavy atom. The Balaban J connectivity index is 1.55. The highest BCUT2D eigenvalue weighted by Crippen LogP contribution is 2.27. The van der Waals surface area contributed by atoms with Gasteiger partial charge < -0.3 is 20.5 Å². The molecule has 3 rings (SSSR count). The van der Waals surface area contributed by atoms with Gasteiger partial charge >= 0.3 is 5.97 Å². The molecule has 7 heteroatoms. The molecule has 0 bridgehead atoms. The summed E-state index contributed by atoms with van der Waals surface area (Å²) in [4.78, 5) is 36.0. The molecule has 2 aliphatic rings. The molecule has 1 saturated heterocycles. The predicted molar refractivity (Wildman–Crippen MR) is 99.4 cm³/mol. The van der Waals surface area contributed by atoms with Gasteiger partial charge in [-0.25, -0.2) is 0 Å². The number of aliphatic carboxylic acids is 1. The highest BCUT2D eigenvalue weighted by atomic mass is 16.5. The molecule has 0 radical (unpaired) electrons. The van der Waals surface area contributed by atoms with Crippen LogP contribution in [0.5, 0.6) is 0 Å². The summed E-state index contributed by atoms with van der Waals surface area (Å²) in [7, 11) is 0. The molecule has 3 atom stereocenters. The molecule has 0 unspecified atom stereocenters. The molecule has 1 aliphatic carbocycles. The van der Waals surface area contributed by atoms with E-state index in [-0.39, 0.29) is 17.9 Å². The monoisotopic (exact) mass is 372 g/mol. The fraction of sp³-hybridized carbons (Fsp3) is 0.450. The molecule has 0 saturated carbocycles. The lowest BCUT2D eigenvalue weighted by Gasteiger charge is -2.24. The number of anilines is 1. The summed E-state index contributed by atoms with van der Waals surface area (Å²) < 4.78 is 5.48. The number of benzene rings is 1. The molecule has 27 heavy (non-hydrogen) atoms. The molecule has 1 aromatic carbocycles. The number of carboxylic acid groups (broad SMARTS) is 1. The Kier molecular flexibility index (Phi) is 6.24. The molecule has 0 spiro atoms. The van der Waals surface area contributed by atoms with Crippen molar-refractivity contribution in [3.8, 4) is 0 Å². The summed E-state index contributed by atoms with van der Waals surface area (Å²) >= 11 is 0. The highest BCUT2D eigenvalue weighted by Gasteiger charge is 2.33. The van der Waals surface area contributed by atoms with Crippen molar-refractivity contribution in [3.63, 3.8) is 0 Å². The van der Waals surface area contributed by atoms with Gasteiger partial charge in [-0.1, -0.05) is 12.2 Å². The van der Waals surface area contributed by atoms with Crippen molar-refractivity contribution in [2.45, 2.75) is 31.8 Å². The first-order valence-electron chi connectivity index (χ1n) is 9.23. The second kappa shape index (κ2) is 8.81. The van der Waals surface area contributed by atoms with E-state index in [1.54, 1.807) is 30.3 Å². The molecule has 1 fully saturated rings. The fourth-order valence-electron chi connectivity index (χ4n) is 3.43. The first-order valence-corrected chi connectivity index (χ1v) is 9.23. The third-order valence-corrected chi connectivity index (χ3v) is 5.02. The maximum absolute atomic E-state index is 12.4. The SMILES string of the molecule is O=C(NC[C@@H]1CCCO1)c1ccc(NC(=O)[C@@H]2CC=CC[C@H]2C(=O)O)cc1. The largest absolute Gasteiger partial charge is 0.481 e. The zero-order chi connectivity index (χ0) is 19.2. The molecule has 2 amide bonds. The Morgan fingerprint density at radius 2 is 1.78 bits per heavy atom. The molecule has 144 valence electrons. The van der Waals surface area contributed by atoms with Crippen molar-refractivity contribution in [2.75, 3.05) is 18.5 Å². The van der Waals surface area contributed by atoms with Crippen molar-refractivity contribution < 1.29 is 24.2 Å². The number of carbonyl (C=O) groups excluding carboxylic acids is 2. The summed E-state index contributed by atoms with van der Waals surface area (Å²) in [6.07, 6.45) is 6.47. The highest BCUT2D eigenvalue weighted by molar-refractivity contribution is 5.97. The quantitative estimate of drug-likeness (QED) is 0.664. The minimum Gasteiger partial charge on any atom is -0.481 e. The van der Waals surface area contributed by atoms with Gasteiger partial charge in [-0.05, 0) is 49.9 Å². The van der Waals surface area contributed by atoms with Crippen LogP contribution < -0.4 is 10.6 Å². The second-order valence-electron chi connectivity index (χ2n) is 6.91. The minimum atomic E-state index is -0.960. The van der Waals surface area contributed by atoms with Gasteiger partial charge in [0.25, 0.3) is 5.91 Å². The van der Waals surface area contributed by atoms with Gasteiger partial charge in [0.1, 0.15) is 0 Å². The van der Waals surface area contributed by atoms with Gasteiger partial charge in [0.2, 0.25) is 5.91 Å². The maximum atomic E-state index is 12.4. The number of carboxylic acids is 1. The standard InChI is InChI=1S/C20H24N2O5/c23-18(21-12-15-4-3-11-27-15)13-7-9-14(10-8-13)22-19(24)16-5-1-2-6-17(16)20(25)26/h1-2,7-10,15-17H,3-6,11-12H2,(H,21,23)(H,22,24)(H,25,26)/t15-,16+,17+/m0/s1. The van der Waals surface area contributed by atoms with Crippen LogP contribution >= 0.6 is 0 Å². The van der Waals surface area contributed by atoms with E-state index in [0.29, 0.717) is 30.6 Å². The van der Waals surface area contributed by atoms with Crippen LogP contribution in [0.25, 0.3) is 0 Å². The number of carbonyl (C=O) groups is 3. The van der Waals surface area contributed by atoms with Crippen LogP contribution in [0.4, 0.5) is 5.69 Å². The number of hydrogen-bond donors (Lipinski definition) is 3. The molecule has 3 N–H and O–H groups in total. The van der Waals surface area contributed by atoms with Gasteiger partial charge in [0.15, 0.2) is 0 Å². The molecule has 7 nitrogen and oxygen atoms in total. The fourth-order valence-corrected chi connectivity index (χ4v) is 3.43. The molecule has 1 aromatic rings. The number of ether oxygens (including phenoxy) is 1. The van der Waals surface area contributed by atoms with Crippen molar-refractivity contribution in [2.24, 2.45) is 11.8 Å². The molecule has 0 aromatic heterocycles. The zero-order valence-electron chi connectivity index (χ0n) is 15.0.